The van der Waals surface area contributed by atoms with E-state index in [2.05, 4.69) is 0 Å². The Morgan fingerprint density at radius 2 is 1.95 bits per heavy atom. The molecule has 0 aliphatic heterocycles. The van der Waals surface area contributed by atoms with Crippen molar-refractivity contribution in [2.75, 3.05) is 0 Å². The van der Waals surface area contributed by atoms with Crippen LogP contribution in [0, 0.1) is 23.7 Å². The molecule has 3 N–H and O–H groups in total. The van der Waals surface area contributed by atoms with E-state index >= 15 is 0 Å². The molecule has 3 rings (SSSR count). The third-order valence-corrected chi connectivity index (χ3v) is 6.02. The first-order chi connectivity index (χ1) is 9.95. The molecule has 0 amide bonds. The molecule has 118 valence electrons. The number of rotatable bonds is 3. The van der Waals surface area contributed by atoms with Gasteiger partial charge in [0.2, 0.25) is 0 Å². The summed E-state index contributed by atoms with van der Waals surface area (Å²) in [5.41, 5.74) is -1.24. The minimum atomic E-state index is -1.24. The maximum atomic E-state index is 11.9. The Kier molecular flexibility index (Phi) is 3.97. The quantitative estimate of drug-likeness (QED) is 0.688. The lowest BCUT2D eigenvalue weighted by atomic mass is 9.50. The number of hydrogen-bond acceptors (Lipinski definition) is 4. The van der Waals surface area contributed by atoms with E-state index in [-0.39, 0.29) is 23.5 Å². The lowest BCUT2D eigenvalue weighted by Gasteiger charge is -2.56. The first kappa shape index (κ1) is 15.2. The Labute approximate surface area is 125 Å². The fourth-order valence-electron chi connectivity index (χ4n) is 4.73. The van der Waals surface area contributed by atoms with Crippen molar-refractivity contribution < 1.29 is 20.1 Å². The number of aliphatic hydroxyl groups excluding tert-OH is 2. The summed E-state index contributed by atoms with van der Waals surface area (Å²) in [6.07, 6.45) is 7.90. The molecular weight excluding hydrogens is 268 g/mol. The maximum absolute atomic E-state index is 11.9. The van der Waals surface area contributed by atoms with E-state index in [0.717, 1.165) is 12.8 Å². The average molecular weight is 294 g/mol. The van der Waals surface area contributed by atoms with Crippen molar-refractivity contribution >= 4 is 5.78 Å². The van der Waals surface area contributed by atoms with E-state index in [0.29, 0.717) is 18.8 Å². The molecule has 4 nitrogen and oxygen atoms in total. The molecule has 21 heavy (non-hydrogen) atoms. The fourth-order valence-corrected chi connectivity index (χ4v) is 4.73. The zero-order valence-corrected chi connectivity index (χ0v) is 12.6. The van der Waals surface area contributed by atoms with E-state index in [1.165, 1.54) is 12.8 Å². The van der Waals surface area contributed by atoms with Crippen LogP contribution >= 0.6 is 0 Å². The van der Waals surface area contributed by atoms with Gasteiger partial charge in [-0.1, -0.05) is 31.9 Å². The maximum Gasteiger partial charge on any atom is 0.167 e. The highest BCUT2D eigenvalue weighted by atomic mass is 16.3. The summed E-state index contributed by atoms with van der Waals surface area (Å²) < 4.78 is 0. The summed E-state index contributed by atoms with van der Waals surface area (Å²) in [6.45, 7) is 1.83. The predicted octanol–water partition coefficient (Wildman–Crippen LogP) is 1.43. The molecule has 0 aromatic rings. The summed E-state index contributed by atoms with van der Waals surface area (Å²) >= 11 is 0. The zero-order chi connectivity index (χ0) is 15.2. The van der Waals surface area contributed by atoms with E-state index in [4.69, 9.17) is 0 Å². The minimum Gasteiger partial charge on any atom is -0.393 e. The summed E-state index contributed by atoms with van der Waals surface area (Å²) in [5.74, 6) is -0.410. The second kappa shape index (κ2) is 5.49. The van der Waals surface area contributed by atoms with Gasteiger partial charge in [0.1, 0.15) is 5.60 Å². The SMILES string of the molecule is CC1C(=O)[C@]2(O)CC[C@H](O)[C@@H](/C=C/[C@@H](O)C3CCCC3)[C@H]12. The van der Waals surface area contributed by atoms with Crippen LogP contribution in [0.25, 0.3) is 0 Å². The van der Waals surface area contributed by atoms with Crippen LogP contribution in [-0.2, 0) is 4.79 Å². The fraction of sp³-hybridized carbons (Fsp3) is 0.824. The number of carbonyl (C=O) groups excluding carboxylic acids is 1. The van der Waals surface area contributed by atoms with Crippen molar-refractivity contribution in [1.29, 1.82) is 0 Å². The van der Waals surface area contributed by atoms with Crippen molar-refractivity contribution in [3.05, 3.63) is 12.2 Å². The highest BCUT2D eigenvalue weighted by molar-refractivity contribution is 5.96. The molecule has 4 heteroatoms. The third-order valence-electron chi connectivity index (χ3n) is 6.02. The number of Topliss-reactive ketones (excluding diaryl/α,β-unsaturated/α-hetero) is 1. The Morgan fingerprint density at radius 3 is 2.62 bits per heavy atom. The van der Waals surface area contributed by atoms with Gasteiger partial charge < -0.3 is 15.3 Å². The molecular formula is C17H26O4. The molecule has 1 unspecified atom stereocenters. The molecule has 0 spiro atoms. The summed E-state index contributed by atoms with van der Waals surface area (Å²) in [7, 11) is 0. The lowest BCUT2D eigenvalue weighted by Crippen LogP contribution is -2.68. The van der Waals surface area contributed by atoms with Gasteiger partial charge in [-0.2, -0.15) is 0 Å². The van der Waals surface area contributed by atoms with Crippen LogP contribution in [0.15, 0.2) is 12.2 Å². The highest BCUT2D eigenvalue weighted by Gasteiger charge is 2.63. The van der Waals surface area contributed by atoms with Gasteiger partial charge in [0, 0.05) is 17.8 Å². The lowest BCUT2D eigenvalue weighted by molar-refractivity contribution is -0.197. The van der Waals surface area contributed by atoms with Crippen molar-refractivity contribution in [3.63, 3.8) is 0 Å². The minimum absolute atomic E-state index is 0.0888. The number of fused-ring (bicyclic) bond motifs is 1. The van der Waals surface area contributed by atoms with Crippen molar-refractivity contribution in [1.82, 2.24) is 0 Å². The van der Waals surface area contributed by atoms with Crippen LogP contribution in [0.3, 0.4) is 0 Å². The molecule has 0 aromatic carbocycles. The van der Waals surface area contributed by atoms with Gasteiger partial charge in [-0.3, -0.25) is 4.79 Å². The van der Waals surface area contributed by atoms with Gasteiger partial charge in [0.15, 0.2) is 5.78 Å². The van der Waals surface area contributed by atoms with Crippen LogP contribution in [0.2, 0.25) is 0 Å². The van der Waals surface area contributed by atoms with Crippen molar-refractivity contribution in [2.45, 2.75) is 63.3 Å². The number of carbonyl (C=O) groups is 1. The predicted molar refractivity (Wildman–Crippen MR) is 78.4 cm³/mol. The van der Waals surface area contributed by atoms with E-state index in [1.807, 2.05) is 13.0 Å². The van der Waals surface area contributed by atoms with E-state index < -0.39 is 17.8 Å². The molecule has 0 aromatic heterocycles. The summed E-state index contributed by atoms with van der Waals surface area (Å²) in [6, 6.07) is 0. The normalized spacial score (nSPS) is 45.6. The molecule has 3 aliphatic carbocycles. The van der Waals surface area contributed by atoms with E-state index in [9.17, 15) is 20.1 Å². The largest absolute Gasteiger partial charge is 0.393 e. The van der Waals surface area contributed by atoms with Crippen LogP contribution < -0.4 is 0 Å². The van der Waals surface area contributed by atoms with Gasteiger partial charge in [-0.15, -0.1) is 0 Å². The second-order valence-corrected chi connectivity index (χ2v) is 7.21. The van der Waals surface area contributed by atoms with Gasteiger partial charge in [0.05, 0.1) is 12.2 Å². The molecule has 6 atom stereocenters. The van der Waals surface area contributed by atoms with Crippen LogP contribution in [0.1, 0.15) is 45.4 Å². The number of hydrogen-bond donors (Lipinski definition) is 3. The van der Waals surface area contributed by atoms with Crippen LogP contribution in [-0.4, -0.2) is 38.9 Å². The van der Waals surface area contributed by atoms with Gasteiger partial charge in [-0.25, -0.2) is 0 Å². The average Bonchev–Trinajstić information content (AvgIpc) is 3.01. The van der Waals surface area contributed by atoms with Gasteiger partial charge >= 0.3 is 0 Å². The van der Waals surface area contributed by atoms with Crippen molar-refractivity contribution in [2.24, 2.45) is 23.7 Å². The first-order valence-corrected chi connectivity index (χ1v) is 8.26. The Morgan fingerprint density at radius 1 is 1.29 bits per heavy atom. The topological polar surface area (TPSA) is 77.8 Å². The van der Waals surface area contributed by atoms with E-state index in [1.54, 1.807) is 6.08 Å². The van der Waals surface area contributed by atoms with Crippen molar-refractivity contribution in [3.8, 4) is 0 Å². The number of ketones is 1. The molecule has 3 aliphatic rings. The summed E-state index contributed by atoms with van der Waals surface area (Å²) in [4.78, 5) is 11.9. The molecule has 3 saturated carbocycles. The standard InChI is InChI=1S/C17H26O4/c1-10-15-12(6-7-13(18)11-4-2-3-5-11)14(19)8-9-17(15,21)16(10)20/h6-7,10-15,18-19,21H,2-5,8-9H2,1H3/b7-6+/t10?,12-,13-,14+,15+,17+/m1/s1. The Bertz CT molecular complexity index is 440. The highest BCUT2D eigenvalue weighted by Crippen LogP contribution is 2.52. The molecule has 0 radical (unpaired) electrons. The smallest absolute Gasteiger partial charge is 0.167 e. The first-order valence-electron chi connectivity index (χ1n) is 8.26. The number of aliphatic hydroxyl groups is 3. The zero-order valence-electron chi connectivity index (χ0n) is 12.6. The Hall–Kier alpha value is -0.710. The van der Waals surface area contributed by atoms with Crippen LogP contribution in [0.4, 0.5) is 0 Å². The van der Waals surface area contributed by atoms with Gasteiger partial charge in [0.25, 0.3) is 0 Å². The monoisotopic (exact) mass is 294 g/mol. The molecule has 0 heterocycles. The molecule has 0 bridgehead atoms. The third kappa shape index (κ3) is 2.37. The Balaban J connectivity index is 1.72. The molecule has 0 saturated heterocycles. The van der Waals surface area contributed by atoms with Gasteiger partial charge in [-0.05, 0) is 31.6 Å². The summed E-state index contributed by atoms with van der Waals surface area (Å²) in [5, 5.41) is 30.9. The van der Waals surface area contributed by atoms with Crippen LogP contribution in [0.5, 0.6) is 0 Å². The molecule has 3 fully saturated rings. The second-order valence-electron chi connectivity index (χ2n) is 7.21.